The molecule has 0 fully saturated rings. The summed E-state index contributed by atoms with van der Waals surface area (Å²) in [6.07, 6.45) is 0. The summed E-state index contributed by atoms with van der Waals surface area (Å²) in [6, 6.07) is 8.85. The molecule has 0 aromatic heterocycles. The predicted octanol–water partition coefficient (Wildman–Crippen LogP) is 2.31. The van der Waals surface area contributed by atoms with Crippen LogP contribution in [0.15, 0.2) is 46.2 Å². The van der Waals surface area contributed by atoms with Gasteiger partial charge < -0.3 is 5.32 Å². The van der Waals surface area contributed by atoms with Gasteiger partial charge in [-0.15, -0.1) is 0 Å². The Labute approximate surface area is 165 Å². The van der Waals surface area contributed by atoms with Crippen molar-refractivity contribution in [2.45, 2.75) is 30.6 Å². The molecule has 0 saturated heterocycles. The van der Waals surface area contributed by atoms with Gasteiger partial charge in [0.25, 0.3) is 10.0 Å². The van der Waals surface area contributed by atoms with Gasteiger partial charge in [-0.3, -0.25) is 9.52 Å². The fourth-order valence-electron chi connectivity index (χ4n) is 2.52. The van der Waals surface area contributed by atoms with Crippen LogP contribution in [0.2, 0.25) is 0 Å². The first-order valence-electron chi connectivity index (χ1n) is 8.29. The van der Waals surface area contributed by atoms with E-state index < -0.39 is 20.0 Å². The number of hydrogen-bond donors (Lipinski definition) is 2. The number of nitrogens with one attached hydrogen (secondary N) is 2. The summed E-state index contributed by atoms with van der Waals surface area (Å²) < 4.78 is 54.1. The van der Waals surface area contributed by atoms with Crippen molar-refractivity contribution in [3.8, 4) is 0 Å². The lowest BCUT2D eigenvalue weighted by Gasteiger charge is -2.16. The van der Waals surface area contributed by atoms with Crippen molar-refractivity contribution in [1.82, 2.24) is 4.31 Å². The summed E-state index contributed by atoms with van der Waals surface area (Å²) >= 11 is 0. The molecule has 0 aliphatic carbocycles. The highest BCUT2D eigenvalue weighted by Crippen LogP contribution is 2.26. The molecule has 152 valence electrons. The smallest absolute Gasteiger partial charge is 0.262 e. The van der Waals surface area contributed by atoms with E-state index in [0.717, 1.165) is 4.31 Å². The number of sulfonamides is 2. The van der Waals surface area contributed by atoms with Crippen LogP contribution in [0, 0.1) is 13.8 Å². The van der Waals surface area contributed by atoms with E-state index in [-0.39, 0.29) is 21.4 Å². The number of hydrogen-bond acceptors (Lipinski definition) is 5. The number of rotatable bonds is 6. The normalized spacial score (nSPS) is 12.1. The molecule has 0 aliphatic heterocycles. The third-order valence-corrected chi connectivity index (χ3v) is 7.48. The van der Waals surface area contributed by atoms with Crippen molar-refractivity contribution in [3.63, 3.8) is 0 Å². The second kappa shape index (κ2) is 7.90. The van der Waals surface area contributed by atoms with E-state index in [1.165, 1.54) is 45.3 Å². The summed E-state index contributed by atoms with van der Waals surface area (Å²) in [4.78, 5) is 11.2. The van der Waals surface area contributed by atoms with Gasteiger partial charge >= 0.3 is 0 Å². The van der Waals surface area contributed by atoms with Crippen molar-refractivity contribution in [3.05, 3.63) is 47.5 Å². The average Bonchev–Trinajstić information content (AvgIpc) is 2.57. The first-order chi connectivity index (χ1) is 12.8. The molecular formula is C18H23N3O5S2. The Morgan fingerprint density at radius 3 is 1.89 bits per heavy atom. The van der Waals surface area contributed by atoms with Crippen molar-refractivity contribution in [1.29, 1.82) is 0 Å². The average molecular weight is 426 g/mol. The van der Waals surface area contributed by atoms with E-state index >= 15 is 0 Å². The summed E-state index contributed by atoms with van der Waals surface area (Å²) in [6.45, 7) is 4.59. The lowest BCUT2D eigenvalue weighted by atomic mass is 10.2. The lowest BCUT2D eigenvalue weighted by Crippen LogP contribution is -2.23. The predicted molar refractivity (Wildman–Crippen MR) is 108 cm³/mol. The zero-order chi connectivity index (χ0) is 21.3. The number of benzene rings is 2. The molecule has 2 N–H and O–H groups in total. The number of anilines is 2. The van der Waals surface area contributed by atoms with E-state index in [4.69, 9.17) is 0 Å². The van der Waals surface area contributed by atoms with E-state index in [9.17, 15) is 21.6 Å². The van der Waals surface area contributed by atoms with Gasteiger partial charge in [0.1, 0.15) is 0 Å². The van der Waals surface area contributed by atoms with Crippen molar-refractivity contribution < 1.29 is 21.6 Å². The summed E-state index contributed by atoms with van der Waals surface area (Å²) in [5.41, 5.74) is 1.45. The van der Waals surface area contributed by atoms with Crippen LogP contribution in [0.3, 0.4) is 0 Å². The van der Waals surface area contributed by atoms with Gasteiger partial charge in [0.15, 0.2) is 0 Å². The van der Waals surface area contributed by atoms with E-state index in [2.05, 4.69) is 10.0 Å². The number of carbonyl (C=O) groups is 1. The van der Waals surface area contributed by atoms with E-state index in [1.807, 2.05) is 0 Å². The Balaban J connectivity index is 2.47. The SMILES string of the molecule is CC(=O)Nc1ccc(C)c(S(=O)(=O)Nc2ccc(C)c(S(=O)(=O)N(C)C)c2)c1. The lowest BCUT2D eigenvalue weighted by molar-refractivity contribution is -0.114. The third kappa shape index (κ3) is 4.70. The molecule has 0 unspecified atom stereocenters. The highest BCUT2D eigenvalue weighted by Gasteiger charge is 2.22. The second-order valence-electron chi connectivity index (χ2n) is 6.53. The number of aryl methyl sites for hydroxylation is 2. The Bertz CT molecular complexity index is 1120. The minimum atomic E-state index is -4.01. The maximum atomic E-state index is 12.9. The molecule has 0 heterocycles. The molecule has 10 heteroatoms. The fourth-order valence-corrected chi connectivity index (χ4v) is 4.98. The molecule has 0 saturated carbocycles. The first kappa shape index (κ1) is 21.9. The van der Waals surface area contributed by atoms with Gasteiger partial charge in [0, 0.05) is 26.7 Å². The van der Waals surface area contributed by atoms with Crippen LogP contribution >= 0.6 is 0 Å². The Morgan fingerprint density at radius 1 is 0.857 bits per heavy atom. The highest BCUT2D eigenvalue weighted by molar-refractivity contribution is 7.92. The second-order valence-corrected chi connectivity index (χ2v) is 10.3. The number of amides is 1. The number of nitrogens with zero attached hydrogens (tertiary/aromatic N) is 1. The van der Waals surface area contributed by atoms with Crippen molar-refractivity contribution >= 4 is 37.3 Å². The van der Waals surface area contributed by atoms with E-state index in [0.29, 0.717) is 16.8 Å². The molecule has 0 bridgehead atoms. The zero-order valence-electron chi connectivity index (χ0n) is 16.3. The molecule has 2 rings (SSSR count). The number of carbonyl (C=O) groups excluding carboxylic acids is 1. The molecular weight excluding hydrogens is 402 g/mol. The highest BCUT2D eigenvalue weighted by atomic mass is 32.2. The molecule has 0 aliphatic rings. The topological polar surface area (TPSA) is 113 Å². The fraction of sp³-hybridized carbons (Fsp3) is 0.278. The molecule has 28 heavy (non-hydrogen) atoms. The Kier molecular flexibility index (Phi) is 6.17. The standard InChI is InChI=1S/C18H23N3O5S2/c1-12-6-8-15(19-14(3)22)10-17(12)27(23,24)20-16-9-7-13(2)18(11-16)28(25,26)21(4)5/h6-11,20H,1-5H3,(H,19,22). The van der Waals surface area contributed by atoms with Gasteiger partial charge in [-0.05, 0) is 49.2 Å². The van der Waals surface area contributed by atoms with Gasteiger partial charge in [-0.1, -0.05) is 12.1 Å². The maximum Gasteiger partial charge on any atom is 0.262 e. The molecule has 0 spiro atoms. The summed E-state index contributed by atoms with van der Waals surface area (Å²) in [5, 5.41) is 2.54. The summed E-state index contributed by atoms with van der Waals surface area (Å²) in [7, 11) is -4.92. The molecule has 8 nitrogen and oxygen atoms in total. The summed E-state index contributed by atoms with van der Waals surface area (Å²) in [5.74, 6) is -0.322. The molecule has 0 atom stereocenters. The minimum absolute atomic E-state index is 0.0152. The quantitative estimate of drug-likeness (QED) is 0.737. The van der Waals surface area contributed by atoms with Gasteiger partial charge in [0.2, 0.25) is 15.9 Å². The monoisotopic (exact) mass is 425 g/mol. The van der Waals surface area contributed by atoms with Gasteiger partial charge in [-0.25, -0.2) is 21.1 Å². The van der Waals surface area contributed by atoms with Crippen LogP contribution in [0.1, 0.15) is 18.1 Å². The Hall–Kier alpha value is -2.43. The van der Waals surface area contributed by atoms with Crippen molar-refractivity contribution in [2.75, 3.05) is 24.1 Å². The van der Waals surface area contributed by atoms with Crippen LogP contribution in [0.5, 0.6) is 0 Å². The minimum Gasteiger partial charge on any atom is -0.326 e. The van der Waals surface area contributed by atoms with Crippen LogP contribution in [0.4, 0.5) is 11.4 Å². The Morgan fingerprint density at radius 2 is 1.36 bits per heavy atom. The first-order valence-corrected chi connectivity index (χ1v) is 11.2. The zero-order valence-corrected chi connectivity index (χ0v) is 17.9. The van der Waals surface area contributed by atoms with Crippen molar-refractivity contribution in [2.24, 2.45) is 0 Å². The molecule has 2 aromatic carbocycles. The van der Waals surface area contributed by atoms with Gasteiger partial charge in [-0.2, -0.15) is 0 Å². The van der Waals surface area contributed by atoms with E-state index in [1.54, 1.807) is 26.0 Å². The van der Waals surface area contributed by atoms with Crippen LogP contribution in [-0.4, -0.2) is 41.1 Å². The van der Waals surface area contributed by atoms with Crippen LogP contribution in [0.25, 0.3) is 0 Å². The van der Waals surface area contributed by atoms with Crippen LogP contribution in [-0.2, 0) is 24.8 Å². The maximum absolute atomic E-state index is 12.9. The molecule has 2 aromatic rings. The molecule has 1 amide bonds. The molecule has 0 radical (unpaired) electrons. The van der Waals surface area contributed by atoms with Gasteiger partial charge in [0.05, 0.1) is 15.5 Å². The van der Waals surface area contributed by atoms with Crippen LogP contribution < -0.4 is 10.0 Å². The third-order valence-electron chi connectivity index (χ3n) is 4.00. The largest absolute Gasteiger partial charge is 0.326 e.